The van der Waals surface area contributed by atoms with Crippen LogP contribution in [0.25, 0.3) is 21.8 Å². The number of hydrogen-bond donors (Lipinski definition) is 3. The fourth-order valence-corrected chi connectivity index (χ4v) is 2.41. The van der Waals surface area contributed by atoms with Crippen LogP contribution in [0, 0.1) is 0 Å². The molecule has 0 aliphatic carbocycles. The topological polar surface area (TPSA) is 79.1 Å². The Kier molecular flexibility index (Phi) is 2.21. The second-order valence-corrected chi connectivity index (χ2v) is 4.44. The summed E-state index contributed by atoms with van der Waals surface area (Å²) in [5.74, 6) is -0.477. The molecule has 5 heteroatoms. The van der Waals surface area contributed by atoms with Crippen LogP contribution in [0.3, 0.4) is 0 Å². The van der Waals surface area contributed by atoms with E-state index in [2.05, 4.69) is 4.98 Å². The van der Waals surface area contributed by atoms with Crippen LogP contribution in [0.1, 0.15) is 10.4 Å². The van der Waals surface area contributed by atoms with E-state index in [-0.39, 0.29) is 5.75 Å². The number of nitrogens with two attached hydrogens (primary N) is 1. The number of carbonyl (C=O) groups is 1. The zero-order chi connectivity index (χ0) is 12.9. The summed E-state index contributed by atoms with van der Waals surface area (Å²) >= 11 is 6.07. The molecular formula is C13H9ClN2O2. The normalized spacial score (nSPS) is 11.2. The van der Waals surface area contributed by atoms with Gasteiger partial charge >= 0.3 is 0 Å². The number of aromatic amines is 1. The molecule has 0 radical (unpaired) electrons. The van der Waals surface area contributed by atoms with Crippen molar-refractivity contribution >= 4 is 39.3 Å². The van der Waals surface area contributed by atoms with Gasteiger partial charge in [-0.05, 0) is 24.3 Å². The van der Waals surface area contributed by atoms with Gasteiger partial charge in [0.05, 0.1) is 15.9 Å². The minimum absolute atomic E-state index is 0.0642. The molecular weight excluding hydrogens is 252 g/mol. The van der Waals surface area contributed by atoms with Gasteiger partial charge in [-0.15, -0.1) is 0 Å². The van der Waals surface area contributed by atoms with Crippen LogP contribution in [-0.4, -0.2) is 16.0 Å². The van der Waals surface area contributed by atoms with Crippen LogP contribution >= 0.6 is 11.6 Å². The number of aromatic nitrogens is 1. The summed E-state index contributed by atoms with van der Waals surface area (Å²) in [5.41, 5.74) is 7.02. The SMILES string of the molecule is NC(=O)c1cccc2[nH]c3c(Cl)ccc(O)c3c12. The molecule has 4 N–H and O–H groups in total. The van der Waals surface area contributed by atoms with E-state index >= 15 is 0 Å². The van der Waals surface area contributed by atoms with Gasteiger partial charge in [-0.1, -0.05) is 17.7 Å². The lowest BCUT2D eigenvalue weighted by Crippen LogP contribution is -2.10. The van der Waals surface area contributed by atoms with Crippen LogP contribution in [0.4, 0.5) is 0 Å². The Balaban J connectivity index is 2.63. The van der Waals surface area contributed by atoms with E-state index in [9.17, 15) is 9.90 Å². The number of carbonyl (C=O) groups excluding carboxylic acids is 1. The number of rotatable bonds is 1. The summed E-state index contributed by atoms with van der Waals surface area (Å²) in [7, 11) is 0. The Morgan fingerprint density at radius 2 is 2.00 bits per heavy atom. The minimum atomic E-state index is -0.541. The van der Waals surface area contributed by atoms with Crippen molar-refractivity contribution in [3.63, 3.8) is 0 Å². The number of fused-ring (bicyclic) bond motifs is 3. The number of phenolic OH excluding ortho intramolecular Hbond substituents is 1. The standard InChI is InChI=1S/C13H9ClN2O2/c14-7-4-5-9(17)11-10-6(13(15)18)2-1-3-8(10)16-12(7)11/h1-5,16-17H,(H2,15,18). The summed E-state index contributed by atoms with van der Waals surface area (Å²) in [6.45, 7) is 0. The van der Waals surface area contributed by atoms with E-state index in [1.165, 1.54) is 6.07 Å². The fraction of sp³-hybridized carbons (Fsp3) is 0. The molecule has 2 aromatic carbocycles. The number of nitrogens with one attached hydrogen (secondary N) is 1. The predicted molar refractivity (Wildman–Crippen MR) is 71.0 cm³/mol. The highest BCUT2D eigenvalue weighted by molar-refractivity contribution is 6.37. The monoisotopic (exact) mass is 260 g/mol. The molecule has 0 aliphatic heterocycles. The number of amides is 1. The summed E-state index contributed by atoms with van der Waals surface area (Å²) in [6.07, 6.45) is 0. The van der Waals surface area contributed by atoms with Gasteiger partial charge in [0.25, 0.3) is 0 Å². The average molecular weight is 261 g/mol. The Hall–Kier alpha value is -2.20. The molecule has 0 atom stereocenters. The van der Waals surface area contributed by atoms with Gasteiger partial charge in [-0.25, -0.2) is 0 Å². The van der Waals surface area contributed by atoms with Gasteiger partial charge < -0.3 is 15.8 Å². The lowest BCUT2D eigenvalue weighted by atomic mass is 10.1. The molecule has 3 rings (SSSR count). The van der Waals surface area contributed by atoms with Crippen molar-refractivity contribution in [3.05, 3.63) is 40.9 Å². The second-order valence-electron chi connectivity index (χ2n) is 4.03. The number of halogens is 1. The quantitative estimate of drug-likeness (QED) is 0.629. The molecule has 0 saturated heterocycles. The van der Waals surface area contributed by atoms with Crippen LogP contribution in [0.2, 0.25) is 5.02 Å². The van der Waals surface area contributed by atoms with Gasteiger partial charge in [0.2, 0.25) is 5.91 Å². The van der Waals surface area contributed by atoms with Crippen molar-refractivity contribution in [1.82, 2.24) is 4.98 Å². The molecule has 1 aromatic heterocycles. The first kappa shape index (κ1) is 10.9. The highest BCUT2D eigenvalue weighted by Crippen LogP contribution is 2.37. The molecule has 0 fully saturated rings. The lowest BCUT2D eigenvalue weighted by molar-refractivity contribution is 0.100. The average Bonchev–Trinajstić information content (AvgIpc) is 2.74. The van der Waals surface area contributed by atoms with Gasteiger partial charge in [0.1, 0.15) is 5.75 Å². The number of phenols is 1. The zero-order valence-electron chi connectivity index (χ0n) is 9.20. The minimum Gasteiger partial charge on any atom is -0.507 e. The Morgan fingerprint density at radius 1 is 1.22 bits per heavy atom. The first-order valence-electron chi connectivity index (χ1n) is 5.31. The molecule has 90 valence electrons. The molecule has 0 spiro atoms. The highest BCUT2D eigenvalue weighted by Gasteiger charge is 2.16. The Bertz CT molecular complexity index is 792. The third-order valence-electron chi connectivity index (χ3n) is 2.97. The maximum atomic E-state index is 11.4. The van der Waals surface area contributed by atoms with E-state index in [1.54, 1.807) is 24.3 Å². The molecule has 18 heavy (non-hydrogen) atoms. The third kappa shape index (κ3) is 1.36. The van der Waals surface area contributed by atoms with E-state index in [0.29, 0.717) is 32.4 Å². The Morgan fingerprint density at radius 3 is 2.72 bits per heavy atom. The van der Waals surface area contributed by atoms with Gasteiger partial charge in [-0.3, -0.25) is 4.79 Å². The molecule has 0 aliphatic rings. The maximum Gasteiger partial charge on any atom is 0.249 e. The molecule has 4 nitrogen and oxygen atoms in total. The first-order valence-corrected chi connectivity index (χ1v) is 5.69. The van der Waals surface area contributed by atoms with E-state index in [4.69, 9.17) is 17.3 Å². The van der Waals surface area contributed by atoms with Gasteiger partial charge in [0.15, 0.2) is 0 Å². The number of H-pyrrole nitrogens is 1. The molecule has 0 saturated carbocycles. The second kappa shape index (κ2) is 3.65. The summed E-state index contributed by atoms with van der Waals surface area (Å²) in [4.78, 5) is 14.5. The van der Waals surface area contributed by atoms with Crippen LogP contribution < -0.4 is 5.73 Å². The van der Waals surface area contributed by atoms with Crippen LogP contribution in [0.5, 0.6) is 5.75 Å². The van der Waals surface area contributed by atoms with Crippen LogP contribution in [0.15, 0.2) is 30.3 Å². The van der Waals surface area contributed by atoms with E-state index in [0.717, 1.165) is 0 Å². The van der Waals surface area contributed by atoms with E-state index in [1.807, 2.05) is 0 Å². The van der Waals surface area contributed by atoms with Crippen molar-refractivity contribution in [2.24, 2.45) is 5.73 Å². The number of primary amides is 1. The molecule has 1 amide bonds. The third-order valence-corrected chi connectivity index (χ3v) is 3.29. The smallest absolute Gasteiger partial charge is 0.249 e. The van der Waals surface area contributed by atoms with Crippen molar-refractivity contribution in [3.8, 4) is 5.75 Å². The molecule has 0 bridgehead atoms. The van der Waals surface area contributed by atoms with Gasteiger partial charge in [-0.2, -0.15) is 0 Å². The molecule has 1 heterocycles. The molecule has 3 aromatic rings. The van der Waals surface area contributed by atoms with Gasteiger partial charge in [0, 0.05) is 16.5 Å². The number of benzene rings is 2. The first-order chi connectivity index (χ1) is 8.59. The number of hydrogen-bond acceptors (Lipinski definition) is 2. The lowest BCUT2D eigenvalue weighted by Gasteiger charge is -2.01. The maximum absolute atomic E-state index is 11.4. The highest BCUT2D eigenvalue weighted by atomic mass is 35.5. The fourth-order valence-electron chi connectivity index (χ4n) is 2.21. The van der Waals surface area contributed by atoms with Crippen molar-refractivity contribution in [2.45, 2.75) is 0 Å². The Labute approximate surface area is 107 Å². The van der Waals surface area contributed by atoms with E-state index < -0.39 is 5.91 Å². The van der Waals surface area contributed by atoms with Crippen LogP contribution in [-0.2, 0) is 0 Å². The van der Waals surface area contributed by atoms with Crippen molar-refractivity contribution < 1.29 is 9.90 Å². The largest absolute Gasteiger partial charge is 0.507 e. The van der Waals surface area contributed by atoms with Crippen molar-refractivity contribution in [2.75, 3.05) is 0 Å². The zero-order valence-corrected chi connectivity index (χ0v) is 9.95. The summed E-state index contributed by atoms with van der Waals surface area (Å²) in [6, 6.07) is 8.24. The number of aromatic hydroxyl groups is 1. The summed E-state index contributed by atoms with van der Waals surface area (Å²) in [5, 5.41) is 11.6. The van der Waals surface area contributed by atoms with Crippen molar-refractivity contribution in [1.29, 1.82) is 0 Å². The summed E-state index contributed by atoms with van der Waals surface area (Å²) < 4.78 is 0. The molecule has 0 unspecified atom stereocenters. The predicted octanol–water partition coefficient (Wildman–Crippen LogP) is 2.78.